The number of nitrogens with one attached hydrogen (secondary N) is 1. The third kappa shape index (κ3) is 3.52. The lowest BCUT2D eigenvalue weighted by atomic mass is 9.94. The minimum atomic E-state index is -1.18. The van der Waals surface area contributed by atoms with Gasteiger partial charge < -0.3 is 5.11 Å². The molecule has 3 amide bonds. The van der Waals surface area contributed by atoms with Gasteiger partial charge in [0.25, 0.3) is 17.7 Å². The van der Waals surface area contributed by atoms with Crippen molar-refractivity contribution in [2.75, 3.05) is 6.54 Å². The molecular formula is C20H25N3O5. The molecule has 1 unspecified atom stereocenters. The number of nitrogens with zero attached hydrogens (tertiary/aromatic N) is 2. The van der Waals surface area contributed by atoms with E-state index in [1.165, 1.54) is 5.01 Å². The lowest BCUT2D eigenvalue weighted by Gasteiger charge is -2.40. The zero-order chi connectivity index (χ0) is 20.4. The van der Waals surface area contributed by atoms with Crippen LogP contribution >= 0.6 is 0 Å². The monoisotopic (exact) mass is 387 g/mol. The first-order chi connectivity index (χ1) is 13.4. The van der Waals surface area contributed by atoms with Crippen molar-refractivity contribution in [2.24, 2.45) is 5.92 Å². The van der Waals surface area contributed by atoms with Crippen molar-refractivity contribution >= 4 is 23.7 Å². The summed E-state index contributed by atoms with van der Waals surface area (Å²) in [6.07, 6.45) is 2.14. The number of carbonyl (C=O) groups is 4. The van der Waals surface area contributed by atoms with Gasteiger partial charge in [0, 0.05) is 12.6 Å². The van der Waals surface area contributed by atoms with Gasteiger partial charge in [0.05, 0.1) is 17.5 Å². The molecule has 2 heterocycles. The van der Waals surface area contributed by atoms with Gasteiger partial charge in [-0.3, -0.25) is 29.1 Å². The predicted octanol–water partition coefficient (Wildman–Crippen LogP) is 1.67. The average Bonchev–Trinajstić information content (AvgIpc) is 2.93. The number of hydrogen-bond donors (Lipinski definition) is 2. The molecule has 3 rings (SSSR count). The highest BCUT2D eigenvalue weighted by Crippen LogP contribution is 2.30. The molecule has 0 aromatic heterocycles. The smallest absolute Gasteiger partial charge is 0.303 e. The summed E-state index contributed by atoms with van der Waals surface area (Å²) in [7, 11) is 0. The van der Waals surface area contributed by atoms with Gasteiger partial charge in [-0.2, -0.15) is 0 Å². The molecule has 1 aromatic carbocycles. The Balaban J connectivity index is 1.98. The highest BCUT2D eigenvalue weighted by Gasteiger charge is 2.47. The number of fused-ring (bicyclic) bond motifs is 1. The van der Waals surface area contributed by atoms with E-state index in [4.69, 9.17) is 0 Å². The fraction of sp³-hybridized carbons (Fsp3) is 0.500. The van der Waals surface area contributed by atoms with Crippen LogP contribution in [0.15, 0.2) is 24.3 Å². The second-order valence-corrected chi connectivity index (χ2v) is 7.37. The van der Waals surface area contributed by atoms with Crippen LogP contribution in [0.4, 0.5) is 0 Å². The normalized spacial score (nSPS) is 21.4. The quantitative estimate of drug-likeness (QED) is 0.719. The number of carbonyl (C=O) groups excluding carboxylic acids is 3. The molecule has 3 atom stereocenters. The maximum absolute atomic E-state index is 13.4. The molecule has 2 aliphatic heterocycles. The molecule has 150 valence electrons. The molecule has 1 aromatic rings. The van der Waals surface area contributed by atoms with Crippen molar-refractivity contribution in [3.8, 4) is 0 Å². The first-order valence-corrected chi connectivity index (χ1v) is 9.62. The number of carboxylic acids is 1. The number of amides is 3. The first-order valence-electron chi connectivity index (χ1n) is 9.62. The Morgan fingerprint density at radius 1 is 1.21 bits per heavy atom. The molecule has 8 nitrogen and oxygen atoms in total. The highest BCUT2D eigenvalue weighted by molar-refractivity contribution is 6.22. The molecule has 1 saturated heterocycles. The Bertz CT molecular complexity index is 774. The summed E-state index contributed by atoms with van der Waals surface area (Å²) in [6.45, 7) is 4.17. The molecule has 2 aliphatic rings. The van der Waals surface area contributed by atoms with Crippen LogP contribution in [-0.2, 0) is 9.59 Å². The third-order valence-electron chi connectivity index (χ3n) is 5.46. The zero-order valence-corrected chi connectivity index (χ0v) is 16.1. The molecule has 28 heavy (non-hydrogen) atoms. The second kappa shape index (κ2) is 8.10. The van der Waals surface area contributed by atoms with Crippen LogP contribution in [0.5, 0.6) is 0 Å². The lowest BCUT2D eigenvalue weighted by Crippen LogP contribution is -2.61. The van der Waals surface area contributed by atoms with Crippen LogP contribution in [-0.4, -0.2) is 57.3 Å². The van der Waals surface area contributed by atoms with E-state index in [9.17, 15) is 24.3 Å². The van der Waals surface area contributed by atoms with E-state index in [-0.39, 0.29) is 23.6 Å². The summed E-state index contributed by atoms with van der Waals surface area (Å²) in [4.78, 5) is 51.6. The van der Waals surface area contributed by atoms with Crippen molar-refractivity contribution in [1.82, 2.24) is 15.3 Å². The predicted molar refractivity (Wildman–Crippen MR) is 100 cm³/mol. The van der Waals surface area contributed by atoms with Gasteiger partial charge in [-0.15, -0.1) is 0 Å². The standard InChI is InChI=1S/C20H25N3O5/c1-3-13-7-6-10-21-23(13)20(28)17(12(2)11-16(24)25)22-18(26)14-8-4-5-9-15(14)19(22)27/h4-5,8-9,12-13,17,21H,3,6-7,10-11H2,1-2H3,(H,24,25)/t12-,13+,17?/m0/s1. The van der Waals surface area contributed by atoms with Crippen LogP contribution < -0.4 is 5.43 Å². The molecular weight excluding hydrogens is 362 g/mol. The minimum absolute atomic E-state index is 0.0593. The second-order valence-electron chi connectivity index (χ2n) is 7.37. The van der Waals surface area contributed by atoms with Crippen LogP contribution in [0.2, 0.25) is 0 Å². The molecule has 0 bridgehead atoms. The highest BCUT2D eigenvalue weighted by atomic mass is 16.4. The van der Waals surface area contributed by atoms with Crippen LogP contribution in [0.3, 0.4) is 0 Å². The van der Waals surface area contributed by atoms with Crippen LogP contribution in [0.1, 0.15) is 60.2 Å². The number of imide groups is 1. The van der Waals surface area contributed by atoms with Gasteiger partial charge in [0.1, 0.15) is 6.04 Å². The van der Waals surface area contributed by atoms with E-state index in [1.54, 1.807) is 31.2 Å². The summed E-state index contributed by atoms with van der Waals surface area (Å²) >= 11 is 0. The molecule has 0 aliphatic carbocycles. The summed E-state index contributed by atoms with van der Waals surface area (Å²) in [5.74, 6) is -3.36. The molecule has 1 fully saturated rings. The van der Waals surface area contributed by atoms with E-state index < -0.39 is 35.7 Å². The summed E-state index contributed by atoms with van der Waals surface area (Å²) in [6, 6.07) is 5.17. The molecule has 8 heteroatoms. The van der Waals surface area contributed by atoms with Crippen LogP contribution in [0, 0.1) is 5.92 Å². The van der Waals surface area contributed by atoms with Gasteiger partial charge in [-0.1, -0.05) is 26.0 Å². The number of rotatable bonds is 6. The first kappa shape index (κ1) is 20.0. The number of hydrazine groups is 1. The van der Waals surface area contributed by atoms with Gasteiger partial charge in [-0.25, -0.2) is 5.43 Å². The summed E-state index contributed by atoms with van der Waals surface area (Å²) < 4.78 is 0. The van der Waals surface area contributed by atoms with E-state index in [0.717, 1.165) is 24.2 Å². The Morgan fingerprint density at radius 3 is 2.36 bits per heavy atom. The van der Waals surface area contributed by atoms with E-state index in [1.807, 2.05) is 6.92 Å². The minimum Gasteiger partial charge on any atom is -0.481 e. The van der Waals surface area contributed by atoms with Gasteiger partial charge >= 0.3 is 5.97 Å². The number of carboxylic acid groups (broad SMARTS) is 1. The van der Waals surface area contributed by atoms with Gasteiger partial charge in [0.2, 0.25) is 0 Å². The van der Waals surface area contributed by atoms with Crippen molar-refractivity contribution in [2.45, 2.75) is 51.6 Å². The Labute approximate surface area is 163 Å². The topological polar surface area (TPSA) is 107 Å². The Kier molecular flexibility index (Phi) is 5.79. The summed E-state index contributed by atoms with van der Waals surface area (Å²) in [5, 5.41) is 10.7. The maximum atomic E-state index is 13.4. The Morgan fingerprint density at radius 2 is 1.82 bits per heavy atom. The average molecular weight is 387 g/mol. The number of hydrogen-bond acceptors (Lipinski definition) is 5. The lowest BCUT2D eigenvalue weighted by molar-refractivity contribution is -0.146. The van der Waals surface area contributed by atoms with Gasteiger partial charge in [0.15, 0.2) is 0 Å². The molecule has 0 spiro atoms. The molecule has 2 N–H and O–H groups in total. The Hall–Kier alpha value is -2.74. The van der Waals surface area contributed by atoms with E-state index >= 15 is 0 Å². The maximum Gasteiger partial charge on any atom is 0.303 e. The summed E-state index contributed by atoms with van der Waals surface area (Å²) in [5.41, 5.74) is 3.55. The fourth-order valence-corrected chi connectivity index (χ4v) is 4.04. The third-order valence-corrected chi connectivity index (χ3v) is 5.46. The van der Waals surface area contributed by atoms with Crippen molar-refractivity contribution in [3.05, 3.63) is 35.4 Å². The van der Waals surface area contributed by atoms with Gasteiger partial charge in [-0.05, 0) is 37.3 Å². The zero-order valence-electron chi connectivity index (χ0n) is 16.1. The van der Waals surface area contributed by atoms with Crippen molar-refractivity contribution < 1.29 is 24.3 Å². The van der Waals surface area contributed by atoms with Crippen molar-refractivity contribution in [3.63, 3.8) is 0 Å². The van der Waals surface area contributed by atoms with Crippen molar-refractivity contribution in [1.29, 1.82) is 0 Å². The molecule has 0 radical (unpaired) electrons. The number of aliphatic carboxylic acids is 1. The van der Waals surface area contributed by atoms with E-state index in [0.29, 0.717) is 6.54 Å². The van der Waals surface area contributed by atoms with E-state index in [2.05, 4.69) is 5.43 Å². The number of benzene rings is 1. The largest absolute Gasteiger partial charge is 0.481 e. The SMILES string of the molecule is CC[C@@H]1CCCNN1C(=O)C([C@@H](C)CC(=O)O)N1C(=O)c2ccccc2C1=O. The fourth-order valence-electron chi connectivity index (χ4n) is 4.04. The molecule has 0 saturated carbocycles. The van der Waals surface area contributed by atoms with Crippen LogP contribution in [0.25, 0.3) is 0 Å².